The molecule has 9 nitrogen and oxygen atoms in total. The molecule has 0 amide bonds. The summed E-state index contributed by atoms with van der Waals surface area (Å²) >= 11 is 0. The summed E-state index contributed by atoms with van der Waals surface area (Å²) in [6.45, 7) is 15.8. The molecule has 0 radical (unpaired) electrons. The van der Waals surface area contributed by atoms with E-state index in [4.69, 9.17) is 15.1 Å². The van der Waals surface area contributed by atoms with Crippen molar-refractivity contribution in [2.75, 3.05) is 34.8 Å². The Morgan fingerprint density at radius 1 is 0.870 bits per heavy atom. The van der Waals surface area contributed by atoms with E-state index in [1.54, 1.807) is 20.8 Å². The molecule has 3 aromatic rings. The highest BCUT2D eigenvalue weighted by Crippen LogP contribution is 2.39. The Bertz CT molecular complexity index is 1750. The summed E-state index contributed by atoms with van der Waals surface area (Å²) in [6, 6.07) is 3.29. The molecule has 2 aromatic heterocycles. The standard InChI is InChI=1S/C37H45F6N7O2.C2H6/c1-7-52-33(51)30-16-45-34(46-22(30)3)50(19-25-12-27(36(38,39)40)15-28(13-25)37(41,42)43)20-26-14-29(21(2)44)31(48-35(4,5)6)47-32(26)49(17-23-8-9-23)18-24-10-11-24;1-2/h12-16,23-24,44H,7-11,17-20H2,1-6H3,(H,47,48);1-2H3. The van der Waals surface area contributed by atoms with Crippen molar-refractivity contribution in [2.24, 2.45) is 11.8 Å². The van der Waals surface area contributed by atoms with Gasteiger partial charge in [0.05, 0.1) is 29.0 Å². The lowest BCUT2D eigenvalue weighted by atomic mass is 10.0. The Morgan fingerprint density at radius 2 is 1.43 bits per heavy atom. The van der Waals surface area contributed by atoms with Crippen LogP contribution in [0.4, 0.5) is 43.9 Å². The summed E-state index contributed by atoms with van der Waals surface area (Å²) in [5, 5.41) is 12.0. The van der Waals surface area contributed by atoms with Crippen LogP contribution in [0.15, 0.2) is 30.5 Å². The molecular weight excluding hydrogens is 712 g/mol. The first kappa shape index (κ1) is 42.3. The molecule has 15 heteroatoms. The van der Waals surface area contributed by atoms with Crippen LogP contribution >= 0.6 is 0 Å². The normalized spacial score (nSPS) is 14.6. The van der Waals surface area contributed by atoms with Crippen molar-refractivity contribution >= 4 is 29.3 Å². The minimum absolute atomic E-state index is 0.0246. The molecular formula is C39H51F6N7O2. The second-order valence-electron chi connectivity index (χ2n) is 14.8. The predicted molar refractivity (Wildman–Crippen MR) is 198 cm³/mol. The number of ether oxygens (including phenoxy) is 1. The van der Waals surface area contributed by atoms with E-state index in [0.29, 0.717) is 46.7 Å². The predicted octanol–water partition coefficient (Wildman–Crippen LogP) is 9.85. The number of hydrogen-bond acceptors (Lipinski definition) is 9. The molecule has 2 N–H and O–H groups in total. The number of rotatable bonds is 14. The fourth-order valence-corrected chi connectivity index (χ4v) is 5.89. The van der Waals surface area contributed by atoms with Gasteiger partial charge < -0.3 is 25.3 Å². The maximum atomic E-state index is 13.9. The van der Waals surface area contributed by atoms with Crippen molar-refractivity contribution in [1.29, 1.82) is 5.41 Å². The monoisotopic (exact) mass is 763 g/mol. The molecule has 0 unspecified atom stereocenters. The summed E-state index contributed by atoms with van der Waals surface area (Å²) < 4.78 is 88.7. The van der Waals surface area contributed by atoms with Crippen LogP contribution in [0.5, 0.6) is 0 Å². The molecule has 2 heterocycles. The number of nitrogens with one attached hydrogen (secondary N) is 2. The van der Waals surface area contributed by atoms with Gasteiger partial charge in [-0.25, -0.2) is 19.7 Å². The molecule has 296 valence electrons. The first-order valence-electron chi connectivity index (χ1n) is 18.4. The molecule has 0 atom stereocenters. The number of carbonyl (C=O) groups is 1. The number of pyridine rings is 1. The van der Waals surface area contributed by atoms with E-state index < -0.39 is 41.5 Å². The SMILES string of the molecule is CC.CCOC(=O)c1cnc(N(Cc2cc(C(F)(F)F)cc(C(F)(F)F)c2)Cc2cc(C(C)=N)c(NC(C)(C)C)nc2N(CC2CC2)CC2CC2)nc1C. The summed E-state index contributed by atoms with van der Waals surface area (Å²) in [7, 11) is 0. The van der Waals surface area contributed by atoms with Gasteiger partial charge in [-0.05, 0) is 109 Å². The van der Waals surface area contributed by atoms with Crippen LogP contribution in [-0.4, -0.2) is 51.9 Å². The second kappa shape index (κ2) is 16.9. The largest absolute Gasteiger partial charge is 0.462 e. The van der Waals surface area contributed by atoms with Crippen LogP contribution in [0.2, 0.25) is 0 Å². The molecule has 2 saturated carbocycles. The van der Waals surface area contributed by atoms with Gasteiger partial charge in [-0.3, -0.25) is 0 Å². The summed E-state index contributed by atoms with van der Waals surface area (Å²) in [5.41, 5.74) is -1.95. The first-order chi connectivity index (χ1) is 25.2. The molecule has 5 rings (SSSR count). The number of benzene rings is 1. The molecule has 0 saturated heterocycles. The third-order valence-corrected chi connectivity index (χ3v) is 8.75. The van der Waals surface area contributed by atoms with Gasteiger partial charge in [0.1, 0.15) is 11.6 Å². The number of nitrogens with zero attached hydrogens (tertiary/aromatic N) is 5. The minimum Gasteiger partial charge on any atom is -0.462 e. The highest BCUT2D eigenvalue weighted by atomic mass is 19.4. The molecule has 0 spiro atoms. The molecule has 54 heavy (non-hydrogen) atoms. The number of carbonyl (C=O) groups excluding carboxylic acids is 1. The van der Waals surface area contributed by atoms with E-state index in [-0.39, 0.29) is 47.7 Å². The fourth-order valence-electron chi connectivity index (χ4n) is 5.89. The zero-order valence-electron chi connectivity index (χ0n) is 32.2. The Hall–Kier alpha value is -4.43. The Labute approximate surface area is 313 Å². The summed E-state index contributed by atoms with van der Waals surface area (Å²) in [4.78, 5) is 30.3. The molecule has 0 bridgehead atoms. The van der Waals surface area contributed by atoms with Crippen molar-refractivity contribution < 1.29 is 35.9 Å². The third-order valence-electron chi connectivity index (χ3n) is 8.75. The Morgan fingerprint density at radius 3 is 1.87 bits per heavy atom. The first-order valence-corrected chi connectivity index (χ1v) is 18.4. The minimum atomic E-state index is -5.04. The molecule has 2 aliphatic carbocycles. The number of esters is 1. The topological polar surface area (TPSA) is 107 Å². The number of hydrogen-bond donors (Lipinski definition) is 2. The Balaban J connectivity index is 0.00000319. The molecule has 1 aromatic carbocycles. The van der Waals surface area contributed by atoms with Crippen molar-refractivity contribution in [3.63, 3.8) is 0 Å². The highest BCUT2D eigenvalue weighted by Gasteiger charge is 2.38. The maximum Gasteiger partial charge on any atom is 0.416 e. The number of alkyl halides is 6. The van der Waals surface area contributed by atoms with Crippen molar-refractivity contribution in [3.8, 4) is 0 Å². The van der Waals surface area contributed by atoms with E-state index in [0.717, 1.165) is 38.8 Å². The zero-order valence-corrected chi connectivity index (χ0v) is 32.2. The average molecular weight is 764 g/mol. The van der Waals surface area contributed by atoms with Crippen LogP contribution in [0.3, 0.4) is 0 Å². The van der Waals surface area contributed by atoms with Crippen LogP contribution in [0.1, 0.15) is 118 Å². The molecule has 2 aliphatic rings. The fraction of sp³-hybridized carbons (Fsp3) is 0.564. The zero-order chi connectivity index (χ0) is 40.2. The maximum absolute atomic E-state index is 13.9. The van der Waals surface area contributed by atoms with E-state index in [1.165, 1.54) is 11.1 Å². The van der Waals surface area contributed by atoms with Gasteiger partial charge in [-0.2, -0.15) is 26.3 Å². The number of anilines is 3. The van der Waals surface area contributed by atoms with Crippen molar-refractivity contribution in [3.05, 3.63) is 69.5 Å². The Kier molecular flexibility index (Phi) is 13.3. The van der Waals surface area contributed by atoms with Crippen LogP contribution in [0.25, 0.3) is 0 Å². The van der Waals surface area contributed by atoms with Gasteiger partial charge in [-0.1, -0.05) is 13.8 Å². The number of halogens is 6. The van der Waals surface area contributed by atoms with E-state index in [1.807, 2.05) is 40.7 Å². The quantitative estimate of drug-likeness (QED) is 0.0950. The number of aryl methyl sites for hydroxylation is 1. The van der Waals surface area contributed by atoms with Gasteiger partial charge in [0.15, 0.2) is 0 Å². The second-order valence-corrected chi connectivity index (χ2v) is 14.8. The third kappa shape index (κ3) is 11.5. The van der Waals surface area contributed by atoms with Gasteiger partial charge in [0.25, 0.3) is 0 Å². The van der Waals surface area contributed by atoms with Gasteiger partial charge in [-0.15, -0.1) is 0 Å². The van der Waals surface area contributed by atoms with Gasteiger partial charge in [0.2, 0.25) is 5.95 Å². The van der Waals surface area contributed by atoms with E-state index in [9.17, 15) is 31.1 Å². The summed E-state index contributed by atoms with van der Waals surface area (Å²) in [6.07, 6.45) is -4.54. The lowest BCUT2D eigenvalue weighted by molar-refractivity contribution is -0.143. The smallest absolute Gasteiger partial charge is 0.416 e. The van der Waals surface area contributed by atoms with Crippen molar-refractivity contribution in [2.45, 2.75) is 112 Å². The van der Waals surface area contributed by atoms with E-state index in [2.05, 4.69) is 20.2 Å². The number of aromatic nitrogens is 3. The molecule has 0 aliphatic heterocycles. The van der Waals surface area contributed by atoms with Crippen LogP contribution in [0, 0.1) is 24.2 Å². The highest BCUT2D eigenvalue weighted by molar-refractivity contribution is 6.01. The van der Waals surface area contributed by atoms with Crippen molar-refractivity contribution in [1.82, 2.24) is 15.0 Å². The molecule has 2 fully saturated rings. The average Bonchev–Trinajstić information content (AvgIpc) is 4.01. The van der Waals surface area contributed by atoms with E-state index >= 15 is 0 Å². The van der Waals surface area contributed by atoms with Crippen LogP contribution < -0.4 is 15.1 Å². The lowest BCUT2D eigenvalue weighted by Crippen LogP contribution is -2.34. The summed E-state index contributed by atoms with van der Waals surface area (Å²) in [5.74, 6) is 1.37. The van der Waals surface area contributed by atoms with Crippen LogP contribution in [-0.2, 0) is 30.2 Å². The lowest BCUT2D eigenvalue weighted by Gasteiger charge is -2.32. The van der Waals surface area contributed by atoms with Gasteiger partial charge >= 0.3 is 18.3 Å². The van der Waals surface area contributed by atoms with Gasteiger partial charge in [0, 0.05) is 54.8 Å².